The molecule has 4 nitrogen and oxygen atoms in total. The van der Waals surface area contributed by atoms with Crippen molar-refractivity contribution in [2.24, 2.45) is 5.73 Å². The van der Waals surface area contributed by atoms with Crippen molar-refractivity contribution in [2.75, 3.05) is 0 Å². The van der Waals surface area contributed by atoms with Crippen molar-refractivity contribution >= 4 is 5.91 Å². The zero-order valence-electron chi connectivity index (χ0n) is 9.95. The lowest BCUT2D eigenvalue weighted by Crippen LogP contribution is -2.61. The Balaban J connectivity index is 2.78. The molecule has 0 aromatic carbocycles. The average molecular weight is 261 g/mol. The number of nitrogens with zero attached hydrogens (tertiary/aromatic N) is 1. The summed E-state index contributed by atoms with van der Waals surface area (Å²) in [5.74, 6) is -1.26. The van der Waals surface area contributed by atoms with E-state index in [1.807, 2.05) is 0 Å². The van der Waals surface area contributed by atoms with Gasteiger partial charge in [-0.05, 0) is 31.5 Å². The van der Waals surface area contributed by atoms with Crippen LogP contribution in [0.2, 0.25) is 0 Å². The van der Waals surface area contributed by atoms with Crippen LogP contribution < -0.4 is 11.1 Å². The number of aromatic nitrogens is 1. The van der Waals surface area contributed by atoms with E-state index in [2.05, 4.69) is 10.3 Å². The first-order valence-electron chi connectivity index (χ1n) is 5.22. The fourth-order valence-corrected chi connectivity index (χ4v) is 1.21. The molecule has 0 bridgehead atoms. The van der Waals surface area contributed by atoms with Gasteiger partial charge in [-0.15, -0.1) is 0 Å². The van der Waals surface area contributed by atoms with Gasteiger partial charge in [0, 0.05) is 12.4 Å². The molecule has 0 spiro atoms. The zero-order chi connectivity index (χ0) is 14.0. The van der Waals surface area contributed by atoms with Crippen molar-refractivity contribution in [3.63, 3.8) is 0 Å². The van der Waals surface area contributed by atoms with Gasteiger partial charge in [-0.3, -0.25) is 9.78 Å². The lowest BCUT2D eigenvalue weighted by Gasteiger charge is -2.28. The van der Waals surface area contributed by atoms with Gasteiger partial charge in [0.1, 0.15) is 0 Å². The molecular formula is C11H14F3N3O. The Kier molecular flexibility index (Phi) is 3.95. The van der Waals surface area contributed by atoms with Crippen LogP contribution in [0.5, 0.6) is 0 Å². The Bertz CT molecular complexity index is 417. The third kappa shape index (κ3) is 2.98. The van der Waals surface area contributed by atoms with Gasteiger partial charge >= 0.3 is 6.18 Å². The van der Waals surface area contributed by atoms with E-state index in [0.717, 1.165) is 0 Å². The predicted molar refractivity (Wildman–Crippen MR) is 59.4 cm³/mol. The van der Waals surface area contributed by atoms with Crippen molar-refractivity contribution in [1.29, 1.82) is 0 Å². The normalized spacial score (nSPS) is 16.8. The molecule has 0 fully saturated rings. The summed E-state index contributed by atoms with van der Waals surface area (Å²) < 4.78 is 37.6. The number of carbonyl (C=O) groups is 1. The van der Waals surface area contributed by atoms with Gasteiger partial charge in [-0.2, -0.15) is 13.2 Å². The van der Waals surface area contributed by atoms with E-state index in [4.69, 9.17) is 5.73 Å². The number of pyridine rings is 1. The summed E-state index contributed by atoms with van der Waals surface area (Å²) in [6.45, 7) is 2.21. The molecule has 1 amide bonds. The molecule has 0 saturated heterocycles. The molecule has 1 aromatic heterocycles. The second-order valence-corrected chi connectivity index (χ2v) is 4.18. The van der Waals surface area contributed by atoms with Crippen molar-refractivity contribution in [2.45, 2.75) is 31.6 Å². The van der Waals surface area contributed by atoms with Gasteiger partial charge in [0.25, 0.3) is 0 Å². The Morgan fingerprint density at radius 2 is 1.89 bits per heavy atom. The number of hydrogen-bond acceptors (Lipinski definition) is 3. The highest BCUT2D eigenvalue weighted by Crippen LogP contribution is 2.28. The lowest BCUT2D eigenvalue weighted by atomic mass is 10.0. The van der Waals surface area contributed by atoms with Gasteiger partial charge in [0.15, 0.2) is 5.54 Å². The highest BCUT2D eigenvalue weighted by molar-refractivity contribution is 5.86. The lowest BCUT2D eigenvalue weighted by molar-refractivity contribution is -0.187. The van der Waals surface area contributed by atoms with E-state index in [9.17, 15) is 18.0 Å². The average Bonchev–Trinajstić information content (AvgIpc) is 2.28. The molecule has 2 unspecified atom stereocenters. The first kappa shape index (κ1) is 14.4. The molecule has 0 aliphatic carbocycles. The van der Waals surface area contributed by atoms with E-state index in [1.54, 1.807) is 19.1 Å². The second-order valence-electron chi connectivity index (χ2n) is 4.18. The number of hydrogen-bond donors (Lipinski definition) is 2. The minimum absolute atomic E-state index is 0.578. The number of carbonyl (C=O) groups excluding carboxylic acids is 1. The molecule has 7 heteroatoms. The number of nitrogens with one attached hydrogen (secondary N) is 1. The molecule has 0 aliphatic rings. The van der Waals surface area contributed by atoms with Gasteiger partial charge in [0.2, 0.25) is 5.91 Å². The van der Waals surface area contributed by atoms with Crippen molar-refractivity contribution in [1.82, 2.24) is 10.3 Å². The van der Waals surface area contributed by atoms with Gasteiger partial charge in [-0.1, -0.05) is 0 Å². The Morgan fingerprint density at radius 3 is 2.33 bits per heavy atom. The predicted octanol–water partition coefficient (Wildman–Crippen LogP) is 1.54. The fraction of sp³-hybridized carbons (Fsp3) is 0.455. The van der Waals surface area contributed by atoms with Crippen molar-refractivity contribution < 1.29 is 18.0 Å². The van der Waals surface area contributed by atoms with Crippen molar-refractivity contribution in [3.05, 3.63) is 30.1 Å². The van der Waals surface area contributed by atoms with Crippen LogP contribution in [0.4, 0.5) is 13.2 Å². The molecule has 1 rings (SSSR count). The quantitative estimate of drug-likeness (QED) is 0.867. The topological polar surface area (TPSA) is 68.0 Å². The number of nitrogens with two attached hydrogens (primary N) is 1. The molecule has 0 aliphatic heterocycles. The molecule has 3 N–H and O–H groups in total. The van der Waals surface area contributed by atoms with Crippen LogP contribution in [0.15, 0.2) is 24.5 Å². The third-order valence-corrected chi connectivity index (χ3v) is 2.61. The SMILES string of the molecule is CC(NC(=O)C(C)(N)C(F)(F)F)c1ccncc1. The van der Waals surface area contributed by atoms with Crippen LogP contribution in [0, 0.1) is 0 Å². The summed E-state index contributed by atoms with van der Waals surface area (Å²) in [4.78, 5) is 15.3. The Hall–Kier alpha value is -1.63. The maximum atomic E-state index is 12.5. The summed E-state index contributed by atoms with van der Waals surface area (Å²) in [7, 11) is 0. The van der Waals surface area contributed by atoms with Crippen LogP contribution in [0.1, 0.15) is 25.5 Å². The number of rotatable bonds is 3. The maximum absolute atomic E-state index is 12.5. The van der Waals surface area contributed by atoms with E-state index in [0.29, 0.717) is 12.5 Å². The summed E-state index contributed by atoms with van der Waals surface area (Å²) >= 11 is 0. The number of alkyl halides is 3. The van der Waals surface area contributed by atoms with E-state index >= 15 is 0 Å². The highest BCUT2D eigenvalue weighted by Gasteiger charge is 2.54. The van der Waals surface area contributed by atoms with Crippen LogP contribution in [0.25, 0.3) is 0 Å². The summed E-state index contributed by atoms with van der Waals surface area (Å²) in [5, 5.41) is 2.23. The van der Waals surface area contributed by atoms with Gasteiger partial charge in [-0.25, -0.2) is 0 Å². The van der Waals surface area contributed by atoms with E-state index in [-0.39, 0.29) is 0 Å². The molecule has 100 valence electrons. The number of amides is 1. The molecule has 18 heavy (non-hydrogen) atoms. The summed E-state index contributed by atoms with van der Waals surface area (Å²) in [6, 6.07) is 2.63. The van der Waals surface area contributed by atoms with Gasteiger partial charge in [0.05, 0.1) is 6.04 Å². The molecular weight excluding hydrogens is 247 g/mol. The second kappa shape index (κ2) is 4.93. The Labute approximate surface area is 102 Å². The Morgan fingerprint density at radius 1 is 1.39 bits per heavy atom. The fourth-order valence-electron chi connectivity index (χ4n) is 1.21. The highest BCUT2D eigenvalue weighted by atomic mass is 19.4. The smallest absolute Gasteiger partial charge is 0.348 e. The minimum Gasteiger partial charge on any atom is -0.348 e. The van der Waals surface area contributed by atoms with Crippen LogP contribution >= 0.6 is 0 Å². The zero-order valence-corrected chi connectivity index (χ0v) is 9.95. The summed E-state index contributed by atoms with van der Waals surface area (Å²) in [5.41, 5.74) is 2.76. The molecule has 1 aromatic rings. The molecule has 1 heterocycles. The van der Waals surface area contributed by atoms with Crippen LogP contribution in [0.3, 0.4) is 0 Å². The van der Waals surface area contributed by atoms with Crippen LogP contribution in [-0.4, -0.2) is 22.6 Å². The van der Waals surface area contributed by atoms with E-state index in [1.165, 1.54) is 12.4 Å². The molecule has 0 radical (unpaired) electrons. The third-order valence-electron chi connectivity index (χ3n) is 2.61. The van der Waals surface area contributed by atoms with Crippen molar-refractivity contribution in [3.8, 4) is 0 Å². The first-order chi connectivity index (χ1) is 8.16. The van der Waals surface area contributed by atoms with E-state index < -0.39 is 23.7 Å². The van der Waals surface area contributed by atoms with Crippen LogP contribution in [-0.2, 0) is 4.79 Å². The minimum atomic E-state index is -4.80. The molecule has 0 saturated carbocycles. The monoisotopic (exact) mass is 261 g/mol. The first-order valence-corrected chi connectivity index (χ1v) is 5.22. The molecule has 2 atom stereocenters. The number of halogens is 3. The standard InChI is InChI=1S/C11H14F3N3O/c1-7(8-3-5-16-6-4-8)17-9(18)10(2,15)11(12,13)14/h3-7H,15H2,1-2H3,(H,17,18). The van der Waals surface area contributed by atoms with Gasteiger partial charge < -0.3 is 11.1 Å². The largest absolute Gasteiger partial charge is 0.415 e. The summed E-state index contributed by atoms with van der Waals surface area (Å²) in [6.07, 6.45) is -1.82. The maximum Gasteiger partial charge on any atom is 0.415 e.